The molecule has 0 aromatic carbocycles. The van der Waals surface area contributed by atoms with Crippen LogP contribution in [-0.2, 0) is 4.74 Å². The van der Waals surface area contributed by atoms with Gasteiger partial charge in [0.2, 0.25) is 0 Å². The average Bonchev–Trinajstić information content (AvgIpc) is 2.75. The Hall–Kier alpha value is -0.120. The van der Waals surface area contributed by atoms with E-state index in [2.05, 4.69) is 10.2 Å². The summed E-state index contributed by atoms with van der Waals surface area (Å²) in [6.07, 6.45) is 2.71. The molecule has 0 bridgehead atoms. The van der Waals surface area contributed by atoms with Crippen LogP contribution in [0.25, 0.3) is 0 Å². The number of ether oxygens (including phenoxy) is 1. The molecule has 0 amide bonds. The summed E-state index contributed by atoms with van der Waals surface area (Å²) in [5.74, 6) is 0. The van der Waals surface area contributed by atoms with Gasteiger partial charge in [-0.1, -0.05) is 13.8 Å². The first-order valence-electron chi connectivity index (χ1n) is 5.98. The second kappa shape index (κ2) is 7.21. The minimum Gasteiger partial charge on any atom is -0.379 e. The van der Waals surface area contributed by atoms with E-state index in [1.165, 1.54) is 25.9 Å². The SMILES string of the molecule is C1CNC(CN2CCOCC2)C1.CC. The van der Waals surface area contributed by atoms with Crippen LogP contribution in [0.3, 0.4) is 0 Å². The van der Waals surface area contributed by atoms with Crippen LogP contribution in [-0.4, -0.2) is 50.3 Å². The maximum Gasteiger partial charge on any atom is 0.0594 e. The molecule has 84 valence electrons. The molecule has 2 rings (SSSR count). The molecule has 0 aliphatic carbocycles. The van der Waals surface area contributed by atoms with Crippen LogP contribution >= 0.6 is 0 Å². The van der Waals surface area contributed by atoms with Crippen LogP contribution < -0.4 is 5.32 Å². The van der Waals surface area contributed by atoms with Crippen LogP contribution in [0.15, 0.2) is 0 Å². The molecule has 0 spiro atoms. The fourth-order valence-electron chi connectivity index (χ4n) is 2.01. The molecule has 1 N–H and O–H groups in total. The molecule has 2 aliphatic rings. The number of rotatable bonds is 2. The van der Waals surface area contributed by atoms with E-state index in [-0.39, 0.29) is 0 Å². The molecule has 2 heterocycles. The fourth-order valence-corrected chi connectivity index (χ4v) is 2.01. The topological polar surface area (TPSA) is 24.5 Å². The first kappa shape index (κ1) is 12.0. The van der Waals surface area contributed by atoms with Crippen molar-refractivity contribution in [2.75, 3.05) is 39.4 Å². The average molecular weight is 200 g/mol. The van der Waals surface area contributed by atoms with Crippen molar-refractivity contribution in [2.24, 2.45) is 0 Å². The third-order valence-corrected chi connectivity index (χ3v) is 2.74. The highest BCUT2D eigenvalue weighted by molar-refractivity contribution is 4.78. The van der Waals surface area contributed by atoms with Crippen molar-refractivity contribution in [3.8, 4) is 0 Å². The monoisotopic (exact) mass is 200 g/mol. The first-order chi connectivity index (χ1) is 6.95. The van der Waals surface area contributed by atoms with Gasteiger partial charge in [-0.2, -0.15) is 0 Å². The van der Waals surface area contributed by atoms with Crippen molar-refractivity contribution in [3.05, 3.63) is 0 Å². The molecular weight excluding hydrogens is 176 g/mol. The Balaban J connectivity index is 0.000000461. The number of nitrogens with one attached hydrogen (secondary N) is 1. The molecule has 0 aromatic heterocycles. The third kappa shape index (κ3) is 3.95. The molecule has 0 aromatic rings. The zero-order valence-corrected chi connectivity index (χ0v) is 9.59. The zero-order chi connectivity index (χ0) is 10.2. The Labute approximate surface area is 87.8 Å². The third-order valence-electron chi connectivity index (χ3n) is 2.74. The van der Waals surface area contributed by atoms with E-state index in [4.69, 9.17) is 4.74 Å². The van der Waals surface area contributed by atoms with Crippen LogP contribution in [0.2, 0.25) is 0 Å². The molecule has 14 heavy (non-hydrogen) atoms. The van der Waals surface area contributed by atoms with Crippen LogP contribution in [0.4, 0.5) is 0 Å². The first-order valence-corrected chi connectivity index (χ1v) is 5.98. The van der Waals surface area contributed by atoms with Crippen LogP contribution in [0, 0.1) is 0 Å². The Morgan fingerprint density at radius 2 is 2.00 bits per heavy atom. The van der Waals surface area contributed by atoms with Crippen LogP contribution in [0.5, 0.6) is 0 Å². The van der Waals surface area contributed by atoms with Gasteiger partial charge in [-0.15, -0.1) is 0 Å². The van der Waals surface area contributed by atoms with Crippen molar-refractivity contribution in [3.63, 3.8) is 0 Å². The summed E-state index contributed by atoms with van der Waals surface area (Å²) in [6.45, 7) is 10.5. The fraction of sp³-hybridized carbons (Fsp3) is 1.00. The Bertz CT molecular complexity index is 129. The highest BCUT2D eigenvalue weighted by atomic mass is 16.5. The van der Waals surface area contributed by atoms with Gasteiger partial charge < -0.3 is 10.1 Å². The highest BCUT2D eigenvalue weighted by Crippen LogP contribution is 2.07. The summed E-state index contributed by atoms with van der Waals surface area (Å²) in [5.41, 5.74) is 0. The maximum absolute atomic E-state index is 5.30. The predicted octanol–water partition coefficient (Wildman–Crippen LogP) is 1.10. The van der Waals surface area contributed by atoms with Crippen molar-refractivity contribution < 1.29 is 4.74 Å². The van der Waals surface area contributed by atoms with Crippen LogP contribution in [0.1, 0.15) is 26.7 Å². The van der Waals surface area contributed by atoms with E-state index in [0.29, 0.717) is 0 Å². The van der Waals surface area contributed by atoms with Crippen molar-refractivity contribution >= 4 is 0 Å². The van der Waals surface area contributed by atoms with E-state index in [0.717, 1.165) is 32.3 Å². The summed E-state index contributed by atoms with van der Waals surface area (Å²) >= 11 is 0. The van der Waals surface area contributed by atoms with E-state index in [1.54, 1.807) is 0 Å². The minimum atomic E-state index is 0.753. The molecule has 2 aliphatic heterocycles. The summed E-state index contributed by atoms with van der Waals surface area (Å²) in [4.78, 5) is 2.51. The van der Waals surface area contributed by atoms with Gasteiger partial charge in [0, 0.05) is 25.7 Å². The summed E-state index contributed by atoms with van der Waals surface area (Å²) in [5, 5.41) is 3.52. The molecule has 3 nitrogen and oxygen atoms in total. The lowest BCUT2D eigenvalue weighted by Gasteiger charge is -2.28. The normalized spacial score (nSPS) is 28.3. The standard InChI is InChI=1S/C9H18N2O.C2H6/c1-2-9(10-3-1)8-11-4-6-12-7-5-11;1-2/h9-10H,1-8H2;1-2H3. The van der Waals surface area contributed by atoms with Gasteiger partial charge in [0.25, 0.3) is 0 Å². The van der Waals surface area contributed by atoms with Gasteiger partial charge in [-0.05, 0) is 19.4 Å². The zero-order valence-electron chi connectivity index (χ0n) is 9.59. The smallest absolute Gasteiger partial charge is 0.0594 e. The number of morpholine rings is 1. The van der Waals surface area contributed by atoms with E-state index < -0.39 is 0 Å². The molecule has 0 radical (unpaired) electrons. The molecule has 0 saturated carbocycles. The second-order valence-electron chi connectivity index (χ2n) is 3.71. The summed E-state index contributed by atoms with van der Waals surface area (Å²) in [6, 6.07) is 0.753. The minimum absolute atomic E-state index is 0.753. The molecule has 1 atom stereocenters. The molecule has 2 saturated heterocycles. The number of hydrogen-bond donors (Lipinski definition) is 1. The lowest BCUT2D eigenvalue weighted by atomic mass is 10.2. The van der Waals surface area contributed by atoms with Gasteiger partial charge in [-0.25, -0.2) is 0 Å². The van der Waals surface area contributed by atoms with Crippen molar-refractivity contribution in [2.45, 2.75) is 32.7 Å². The van der Waals surface area contributed by atoms with Gasteiger partial charge in [0.05, 0.1) is 13.2 Å². The number of hydrogen-bond acceptors (Lipinski definition) is 3. The van der Waals surface area contributed by atoms with Crippen molar-refractivity contribution in [1.29, 1.82) is 0 Å². The lowest BCUT2D eigenvalue weighted by Crippen LogP contribution is -2.43. The highest BCUT2D eigenvalue weighted by Gasteiger charge is 2.18. The van der Waals surface area contributed by atoms with Gasteiger partial charge in [0.1, 0.15) is 0 Å². The Morgan fingerprint density at radius 1 is 1.29 bits per heavy atom. The Morgan fingerprint density at radius 3 is 2.57 bits per heavy atom. The van der Waals surface area contributed by atoms with Gasteiger partial charge in [-0.3, -0.25) is 4.90 Å². The quantitative estimate of drug-likeness (QED) is 0.722. The molecule has 1 unspecified atom stereocenters. The second-order valence-corrected chi connectivity index (χ2v) is 3.71. The molecule has 3 heteroatoms. The predicted molar refractivity (Wildman–Crippen MR) is 59.6 cm³/mol. The number of nitrogens with zero attached hydrogens (tertiary/aromatic N) is 1. The summed E-state index contributed by atoms with van der Waals surface area (Å²) < 4.78 is 5.30. The Kier molecular flexibility index (Phi) is 6.15. The van der Waals surface area contributed by atoms with E-state index in [9.17, 15) is 0 Å². The van der Waals surface area contributed by atoms with Crippen molar-refractivity contribution in [1.82, 2.24) is 10.2 Å². The van der Waals surface area contributed by atoms with Gasteiger partial charge in [0.15, 0.2) is 0 Å². The maximum atomic E-state index is 5.30. The largest absolute Gasteiger partial charge is 0.379 e. The molecular formula is C11H24N2O. The van der Waals surface area contributed by atoms with E-state index in [1.807, 2.05) is 13.8 Å². The summed E-state index contributed by atoms with van der Waals surface area (Å²) in [7, 11) is 0. The molecule has 2 fully saturated rings. The lowest BCUT2D eigenvalue weighted by molar-refractivity contribution is 0.0344. The van der Waals surface area contributed by atoms with E-state index >= 15 is 0 Å². The van der Waals surface area contributed by atoms with Gasteiger partial charge >= 0.3 is 0 Å².